The molecule has 123 heavy (non-hydrogen) atoms. The van der Waals surface area contributed by atoms with Crippen LogP contribution in [-0.4, -0.2) is 101 Å². The second kappa shape index (κ2) is 44.1. The van der Waals surface area contributed by atoms with Crippen LogP contribution in [0.25, 0.3) is 0 Å². The summed E-state index contributed by atoms with van der Waals surface area (Å²) in [7, 11) is 0. The van der Waals surface area contributed by atoms with Crippen LogP contribution in [0.2, 0.25) is 0 Å². The fourth-order valence-electron chi connectivity index (χ4n) is 29.9. The number of fused-ring (bicyclic) bond motifs is 20. The Morgan fingerprint density at radius 2 is 0.610 bits per heavy atom. The second-order valence-corrected chi connectivity index (χ2v) is 42.9. The Morgan fingerprint density at radius 1 is 0.317 bits per heavy atom. The topological polar surface area (TPSA) is 210 Å². The van der Waals surface area contributed by atoms with E-state index in [-0.39, 0.29) is 23.9 Å². The molecule has 13 aliphatic carbocycles. The van der Waals surface area contributed by atoms with Gasteiger partial charge in [0.15, 0.2) is 0 Å². The first kappa shape index (κ1) is 91.4. The van der Waals surface area contributed by atoms with Crippen LogP contribution in [0.3, 0.4) is 0 Å². The van der Waals surface area contributed by atoms with E-state index in [4.69, 9.17) is 37.9 Å². The summed E-state index contributed by atoms with van der Waals surface area (Å²) in [6.45, 7) is 17.1. The van der Waals surface area contributed by atoms with Crippen molar-refractivity contribution in [1.82, 2.24) is 0 Å². The Labute approximate surface area is 737 Å². The van der Waals surface area contributed by atoms with E-state index in [1.807, 2.05) is 0 Å². The molecule has 2 aromatic carbocycles. The smallest absolute Gasteiger partial charge is 0.338 e. The van der Waals surface area contributed by atoms with Crippen LogP contribution in [-0.2, 0) is 57.1 Å². The maximum Gasteiger partial charge on any atom is 0.338 e. The van der Waals surface area contributed by atoms with E-state index in [1.165, 1.54) is 173 Å². The van der Waals surface area contributed by atoms with Gasteiger partial charge in [0.2, 0.25) is 0 Å². The molecule has 0 heterocycles. The molecule has 28 atom stereocenters. The maximum absolute atomic E-state index is 13.5. The van der Waals surface area contributed by atoms with Gasteiger partial charge in [-0.3, -0.25) is 9.59 Å². The fourth-order valence-corrected chi connectivity index (χ4v) is 29.9. The summed E-state index contributed by atoms with van der Waals surface area (Å²) in [5.74, 6) is 13.7. The lowest BCUT2D eigenvalue weighted by molar-refractivity contribution is -0.147. The fraction of sp³-hybridized carbons (Fsp3) is 0.776. The predicted molar refractivity (Wildman–Crippen MR) is 475 cm³/mol. The van der Waals surface area contributed by atoms with E-state index in [2.05, 4.69) is 27.0 Å². The Morgan fingerprint density at radius 3 is 0.959 bits per heavy atom. The Bertz CT molecular complexity index is 3880. The van der Waals surface area contributed by atoms with Gasteiger partial charge in [0, 0.05) is 24.5 Å². The molecule has 13 fully saturated rings. The van der Waals surface area contributed by atoms with Crippen LogP contribution in [0.4, 0.5) is 0 Å². The Balaban J connectivity index is 0.430. The molecule has 0 aliphatic heterocycles. The average molecular weight is 1700 g/mol. The number of hydrogen-bond acceptors (Lipinski definition) is 16. The van der Waals surface area contributed by atoms with Gasteiger partial charge in [-0.1, -0.05) is 168 Å². The molecule has 16 nitrogen and oxygen atoms in total. The molecule has 24 unspecified atom stereocenters. The van der Waals surface area contributed by atoms with Crippen molar-refractivity contribution >= 4 is 47.8 Å². The molecule has 0 radical (unpaired) electrons. The molecule has 13 aliphatic rings. The molecule has 0 N–H and O–H groups in total. The van der Waals surface area contributed by atoms with Gasteiger partial charge in [-0.15, -0.1) is 0 Å². The van der Waals surface area contributed by atoms with Gasteiger partial charge >= 0.3 is 47.8 Å². The van der Waals surface area contributed by atoms with E-state index in [0.29, 0.717) is 236 Å². The van der Waals surface area contributed by atoms with Crippen LogP contribution in [0.5, 0.6) is 0 Å². The quantitative estimate of drug-likeness (QED) is 0.0261. The number of hydrogen-bond donors (Lipinski definition) is 0. The van der Waals surface area contributed by atoms with Crippen molar-refractivity contribution in [3.05, 3.63) is 95.6 Å². The molecule has 0 aromatic heterocycles. The molecule has 15 rings (SSSR count). The molecule has 2 aromatic rings. The standard InChI is InChI=1S/C107H154O16/c1-6-9-11-13-16-22-30-73-40-39-72(29-21-12-10-7-2)86(35-23-17-14-19-25-37-101(109)117-63-82-51-78-55-92(82)97-47-70(43-90(78)97)61-120-104(112)74-31-27-33-76(49-74)106(114)122-65-84-53-80-57-94(84)96-45-68(41-88(80)96)59-116-100(108)8-3)87(73)36-24-18-15-20-26-38-102(110)118-64-83-52-79-56-93(83)98-48-71(44-91(79)98)62-121-105(113)75-32-28-34-77(50-75)107(115)123-66-85-54-81-58-95(85)99-46-69(42-89(81)99)60-119-103(111)67(4)5/h8,27-28,31-34,49-50,68-73,78-99H,3-4,6-7,9-26,29-30,35-48,51-66H2,1-2,5H3/t68?,69?,70?,71?,72?,73?,78?,79?,80?,81?,82?,83?,84?,85?,86?,87?,88-,89+,90?,91?,92?,93?,94?,95?,96-,97?,98?,99+/m1/s1. The SMILES string of the molecule is C=CC(=O)OCC1C[C@@H]2C3CC(COC(=O)c4cccc(C(=O)OCC5CC6C7CC(COC(=O)CCCCCCCC8C(CCCCCC)CCC(CCCCCCCC)C8CCCCCCCC(=O)OCC8CC9CC8C8CC(COC(=O)c%10cccc(C(=O)OCC%11CC%12CC%11[C@H]%11CC(COC(=O)C(=C)C)C[C@@H]%12%11)c%10)CC98)C(C7)C6C5)c4)C(C3)[C@@H]2C1. The first-order chi connectivity index (χ1) is 59.9. The Hall–Kier alpha value is -6.32. The largest absolute Gasteiger partial charge is 0.465 e. The number of esters is 8. The van der Waals surface area contributed by atoms with Crippen LogP contribution in [0, 0.1) is 166 Å². The number of benzene rings is 2. The number of carbonyl (C=O) groups is 8. The highest BCUT2D eigenvalue weighted by Gasteiger charge is 2.60. The van der Waals surface area contributed by atoms with Crippen molar-refractivity contribution in [2.75, 3.05) is 52.9 Å². The first-order valence-electron chi connectivity index (χ1n) is 50.8. The van der Waals surface area contributed by atoms with Crippen molar-refractivity contribution in [3.63, 3.8) is 0 Å². The highest BCUT2D eigenvalue weighted by atomic mass is 16.6. The zero-order valence-corrected chi connectivity index (χ0v) is 75.6. The van der Waals surface area contributed by atoms with Gasteiger partial charge in [-0.2, -0.15) is 0 Å². The second-order valence-electron chi connectivity index (χ2n) is 42.9. The summed E-state index contributed by atoms with van der Waals surface area (Å²) in [5.41, 5.74) is 1.93. The lowest BCUT2D eigenvalue weighted by Crippen LogP contribution is -2.35. The number of ether oxygens (including phenoxy) is 8. The van der Waals surface area contributed by atoms with Crippen LogP contribution in [0.15, 0.2) is 73.3 Å². The van der Waals surface area contributed by atoms with Crippen molar-refractivity contribution in [3.8, 4) is 0 Å². The minimum atomic E-state index is -0.399. The predicted octanol–water partition coefficient (Wildman–Crippen LogP) is 23.6. The van der Waals surface area contributed by atoms with E-state index >= 15 is 0 Å². The molecule has 0 spiro atoms. The summed E-state index contributed by atoms with van der Waals surface area (Å²) in [6, 6.07) is 13.6. The molecule has 678 valence electrons. The van der Waals surface area contributed by atoms with Gasteiger partial charge in [0.05, 0.1) is 75.1 Å². The third-order valence-corrected chi connectivity index (χ3v) is 35.4. The van der Waals surface area contributed by atoms with Crippen LogP contribution >= 0.6 is 0 Å². The summed E-state index contributed by atoms with van der Waals surface area (Å²) >= 11 is 0. The molecular formula is C107H154O16. The van der Waals surface area contributed by atoms with Gasteiger partial charge in [-0.05, 0) is 350 Å². The van der Waals surface area contributed by atoms with Gasteiger partial charge in [0.1, 0.15) is 0 Å². The maximum atomic E-state index is 13.5. The number of unbranched alkanes of at least 4 members (excludes halogenated alkanes) is 16. The van der Waals surface area contributed by atoms with Crippen molar-refractivity contribution in [1.29, 1.82) is 0 Å². The molecule has 16 heteroatoms. The van der Waals surface area contributed by atoms with Crippen LogP contribution < -0.4 is 0 Å². The third-order valence-electron chi connectivity index (χ3n) is 35.4. The van der Waals surface area contributed by atoms with Crippen LogP contribution in [0.1, 0.15) is 345 Å². The Kier molecular flexibility index (Phi) is 32.8. The summed E-state index contributed by atoms with van der Waals surface area (Å²) in [5, 5.41) is 0. The summed E-state index contributed by atoms with van der Waals surface area (Å²) in [6.07, 6.45) is 53.3. The zero-order valence-electron chi connectivity index (χ0n) is 75.6. The van der Waals surface area contributed by atoms with Gasteiger partial charge in [0.25, 0.3) is 0 Å². The van der Waals surface area contributed by atoms with E-state index in [1.54, 1.807) is 55.5 Å². The van der Waals surface area contributed by atoms with E-state index in [0.717, 1.165) is 126 Å². The molecule has 0 amide bonds. The molecule has 8 bridgehead atoms. The van der Waals surface area contributed by atoms with E-state index in [9.17, 15) is 38.4 Å². The molecular weight excluding hydrogens is 1540 g/mol. The average Bonchev–Trinajstić information content (AvgIpc) is 1.61. The van der Waals surface area contributed by atoms with Crippen molar-refractivity contribution in [2.45, 2.75) is 303 Å². The van der Waals surface area contributed by atoms with E-state index < -0.39 is 23.9 Å². The molecule has 0 saturated heterocycles. The lowest BCUT2D eigenvalue weighted by atomic mass is 9.61. The number of rotatable bonds is 50. The lowest BCUT2D eigenvalue weighted by Gasteiger charge is -2.44. The van der Waals surface area contributed by atoms with Gasteiger partial charge in [-0.25, -0.2) is 28.8 Å². The number of carbonyl (C=O) groups excluding carboxylic acids is 8. The normalized spacial score (nSPS) is 34.7. The summed E-state index contributed by atoms with van der Waals surface area (Å²) < 4.78 is 47.0. The first-order valence-corrected chi connectivity index (χ1v) is 50.8. The monoisotopic (exact) mass is 1700 g/mol. The minimum Gasteiger partial charge on any atom is -0.465 e. The summed E-state index contributed by atoms with van der Waals surface area (Å²) in [4.78, 5) is 104. The van der Waals surface area contributed by atoms with Crippen molar-refractivity contribution < 1.29 is 76.3 Å². The molecule has 13 saturated carbocycles. The highest BCUT2D eigenvalue weighted by molar-refractivity contribution is 5.96. The van der Waals surface area contributed by atoms with Gasteiger partial charge < -0.3 is 37.9 Å². The minimum absolute atomic E-state index is 0.0335. The van der Waals surface area contributed by atoms with Crippen molar-refractivity contribution in [2.24, 2.45) is 166 Å². The highest BCUT2D eigenvalue weighted by Crippen LogP contribution is 2.66. The zero-order chi connectivity index (χ0) is 85.5. The third kappa shape index (κ3) is 23.0.